The number of alkyl halides is 3. The molecule has 1 aliphatic heterocycles. The first-order valence-electron chi connectivity index (χ1n) is 13.0. The van der Waals surface area contributed by atoms with Crippen LogP contribution in [0.2, 0.25) is 0 Å². The molecule has 210 valence electrons. The maximum atomic E-state index is 13.2. The molecular weight excluding hydrogens is 513 g/mol. The Morgan fingerprint density at radius 1 is 1.23 bits per heavy atom. The number of phenols is 1. The number of likely N-dealkylation sites (N-methyl/N-ethyl adjacent to an activating group) is 2. The fourth-order valence-corrected chi connectivity index (χ4v) is 7.10. The van der Waals surface area contributed by atoms with Gasteiger partial charge < -0.3 is 29.5 Å². The molecule has 1 heterocycles. The lowest BCUT2D eigenvalue weighted by Crippen LogP contribution is -2.73. The molecule has 0 aromatic heterocycles. The Hall–Kier alpha value is -3.24. The molecule has 5 rings (SSSR count). The number of aliphatic hydroxyl groups is 1. The summed E-state index contributed by atoms with van der Waals surface area (Å²) in [5, 5.41) is 22.9. The lowest BCUT2D eigenvalue weighted by molar-refractivity contribution is -0.274. The zero-order valence-corrected chi connectivity index (χ0v) is 22.2. The fourth-order valence-electron chi connectivity index (χ4n) is 7.10. The van der Waals surface area contributed by atoms with Gasteiger partial charge in [-0.15, -0.1) is 13.2 Å². The smallest absolute Gasteiger partial charge is 0.504 e. The van der Waals surface area contributed by atoms with E-state index in [9.17, 15) is 28.2 Å². The molecule has 39 heavy (non-hydrogen) atoms. The first-order chi connectivity index (χ1) is 18.4. The summed E-state index contributed by atoms with van der Waals surface area (Å²) in [6.07, 6.45) is 0.833. The summed E-state index contributed by atoms with van der Waals surface area (Å²) in [5.74, 6) is -0.255. The Morgan fingerprint density at radius 3 is 2.72 bits per heavy atom. The number of hydrogen-bond donors (Lipinski definition) is 2. The summed E-state index contributed by atoms with van der Waals surface area (Å²) >= 11 is 0. The Bertz CT molecular complexity index is 1300. The van der Waals surface area contributed by atoms with Gasteiger partial charge in [-0.05, 0) is 81.1 Å². The van der Waals surface area contributed by atoms with Crippen LogP contribution in [0.4, 0.5) is 13.2 Å². The number of halogens is 3. The van der Waals surface area contributed by atoms with Crippen LogP contribution in [0, 0.1) is 0 Å². The summed E-state index contributed by atoms with van der Waals surface area (Å²) in [5.41, 5.74) is 0.491. The highest BCUT2D eigenvalue weighted by molar-refractivity contribution is 5.92. The van der Waals surface area contributed by atoms with Crippen molar-refractivity contribution in [3.63, 3.8) is 0 Å². The van der Waals surface area contributed by atoms with Crippen LogP contribution in [0.25, 0.3) is 6.08 Å². The van der Waals surface area contributed by atoms with Gasteiger partial charge >= 0.3 is 6.36 Å². The third kappa shape index (κ3) is 4.63. The second kappa shape index (κ2) is 9.75. The maximum Gasteiger partial charge on any atom is 0.573 e. The number of rotatable bonds is 5. The second-order valence-electron chi connectivity index (χ2n) is 10.9. The molecule has 1 saturated heterocycles. The van der Waals surface area contributed by atoms with E-state index in [0.29, 0.717) is 43.4 Å². The number of hydrogen-bond acceptors (Lipinski definition) is 6. The van der Waals surface area contributed by atoms with Crippen LogP contribution in [-0.2, 0) is 16.6 Å². The predicted molar refractivity (Wildman–Crippen MR) is 139 cm³/mol. The molecule has 7 nitrogen and oxygen atoms in total. The number of carbonyl (C=O) groups is 1. The Kier molecular flexibility index (Phi) is 6.83. The standard InChI is InChI=1S/C29H33F3N2O5/c1-33-14-13-27-17-20(34(2)24(36)10-7-18-5-4-6-21(15-18)39-29(30,31)32)11-12-28(27,37)23(33)16-19-8-9-22(35)26(38-3)25(19)27/h4-10,15,20,23,35,37H,11-14,16-17H2,1-3H3/t20-,23+,27+,28+/m0/s1. The zero-order chi connectivity index (χ0) is 28.2. The third-order valence-electron chi connectivity index (χ3n) is 8.97. The number of amides is 1. The Labute approximate surface area is 225 Å². The lowest BCUT2D eigenvalue weighted by atomic mass is 9.48. The first kappa shape index (κ1) is 27.3. The van der Waals surface area contributed by atoms with E-state index >= 15 is 0 Å². The van der Waals surface area contributed by atoms with Gasteiger partial charge in [0.1, 0.15) is 5.75 Å². The van der Waals surface area contributed by atoms with Crippen molar-refractivity contribution in [2.45, 2.75) is 61.6 Å². The number of benzene rings is 2. The highest BCUT2D eigenvalue weighted by atomic mass is 19.4. The van der Waals surface area contributed by atoms with E-state index < -0.39 is 17.4 Å². The second-order valence-corrected chi connectivity index (χ2v) is 10.9. The number of carbonyl (C=O) groups excluding carboxylic acids is 1. The van der Waals surface area contributed by atoms with E-state index in [1.54, 1.807) is 24.1 Å². The summed E-state index contributed by atoms with van der Waals surface area (Å²) in [7, 11) is 5.25. The van der Waals surface area contributed by atoms with E-state index in [4.69, 9.17) is 4.74 Å². The van der Waals surface area contributed by atoms with Gasteiger partial charge in [-0.2, -0.15) is 0 Å². The van der Waals surface area contributed by atoms with E-state index in [-0.39, 0.29) is 29.5 Å². The average molecular weight is 547 g/mol. The molecule has 0 spiro atoms. The molecule has 2 aromatic rings. The SMILES string of the molecule is COc1c(O)ccc2c1[C@]13CCN(C)[C@H](C2)[C@]1(O)CC[C@H](N(C)C(=O)C=Cc1cccc(OC(F)(F)F)c1)C3. The normalized spacial score (nSPS) is 28.5. The van der Waals surface area contributed by atoms with Crippen molar-refractivity contribution < 1.29 is 37.7 Å². The van der Waals surface area contributed by atoms with Crippen molar-refractivity contribution in [3.05, 3.63) is 59.2 Å². The minimum absolute atomic E-state index is 0.0246. The number of nitrogens with zero attached hydrogens (tertiary/aromatic N) is 2. The van der Waals surface area contributed by atoms with E-state index in [1.165, 1.54) is 37.5 Å². The molecule has 2 aromatic carbocycles. The van der Waals surface area contributed by atoms with Gasteiger partial charge in [-0.1, -0.05) is 18.2 Å². The van der Waals surface area contributed by atoms with Crippen molar-refractivity contribution in [2.75, 3.05) is 27.7 Å². The minimum Gasteiger partial charge on any atom is -0.504 e. The van der Waals surface area contributed by atoms with Crippen LogP contribution in [0.1, 0.15) is 42.4 Å². The van der Waals surface area contributed by atoms with Gasteiger partial charge in [0.05, 0.1) is 12.7 Å². The highest BCUT2D eigenvalue weighted by Gasteiger charge is 2.65. The molecule has 1 amide bonds. The third-order valence-corrected chi connectivity index (χ3v) is 8.97. The molecule has 0 radical (unpaired) electrons. The van der Waals surface area contributed by atoms with Crippen LogP contribution in [0.5, 0.6) is 17.2 Å². The number of aromatic hydroxyl groups is 1. The number of phenolic OH excluding ortho intramolecular Hbond substituents is 1. The molecule has 2 aliphatic carbocycles. The maximum absolute atomic E-state index is 13.2. The Morgan fingerprint density at radius 2 is 2.00 bits per heavy atom. The number of methoxy groups -OCH3 is 1. The van der Waals surface area contributed by atoms with Crippen molar-refractivity contribution in [3.8, 4) is 17.2 Å². The number of piperidine rings is 1. The fraction of sp³-hybridized carbons (Fsp3) is 0.483. The topological polar surface area (TPSA) is 82.5 Å². The van der Waals surface area contributed by atoms with Gasteiger partial charge in [-0.3, -0.25) is 4.79 Å². The number of fused-ring (bicyclic) bond motifs is 1. The van der Waals surface area contributed by atoms with Crippen molar-refractivity contribution in [2.24, 2.45) is 0 Å². The van der Waals surface area contributed by atoms with E-state index in [0.717, 1.165) is 17.7 Å². The number of ether oxygens (including phenoxy) is 2. The van der Waals surface area contributed by atoms with Gasteiger partial charge in [0.2, 0.25) is 5.91 Å². The molecule has 1 saturated carbocycles. The molecule has 0 unspecified atom stereocenters. The molecule has 4 atom stereocenters. The van der Waals surface area contributed by atoms with Crippen LogP contribution in [-0.4, -0.2) is 77.7 Å². The van der Waals surface area contributed by atoms with Crippen molar-refractivity contribution in [1.29, 1.82) is 0 Å². The summed E-state index contributed by atoms with van der Waals surface area (Å²) < 4.78 is 47.4. The predicted octanol–water partition coefficient (Wildman–Crippen LogP) is 4.25. The van der Waals surface area contributed by atoms with Gasteiger partial charge in [0, 0.05) is 36.2 Å². The zero-order valence-electron chi connectivity index (χ0n) is 22.2. The molecule has 2 fully saturated rings. The average Bonchev–Trinajstić information content (AvgIpc) is 2.88. The van der Waals surface area contributed by atoms with Crippen molar-refractivity contribution >= 4 is 12.0 Å². The highest BCUT2D eigenvalue weighted by Crippen LogP contribution is 2.61. The molecule has 2 N–H and O–H groups in total. The molecular formula is C29H33F3N2O5. The lowest BCUT2D eigenvalue weighted by Gasteiger charge is -2.64. The minimum atomic E-state index is -4.80. The Balaban J connectivity index is 1.43. The van der Waals surface area contributed by atoms with Crippen LogP contribution < -0.4 is 9.47 Å². The first-order valence-corrected chi connectivity index (χ1v) is 13.0. The monoisotopic (exact) mass is 546 g/mol. The van der Waals surface area contributed by atoms with E-state index in [2.05, 4.69) is 9.64 Å². The van der Waals surface area contributed by atoms with Gasteiger partial charge in [-0.25, -0.2) is 0 Å². The van der Waals surface area contributed by atoms with E-state index in [1.807, 2.05) is 13.1 Å². The van der Waals surface area contributed by atoms with Crippen LogP contribution >= 0.6 is 0 Å². The quantitative estimate of drug-likeness (QED) is 0.546. The van der Waals surface area contributed by atoms with Crippen LogP contribution in [0.3, 0.4) is 0 Å². The van der Waals surface area contributed by atoms with Crippen molar-refractivity contribution in [1.82, 2.24) is 9.80 Å². The molecule has 10 heteroatoms. The van der Waals surface area contributed by atoms with Gasteiger partial charge in [0.25, 0.3) is 0 Å². The molecule has 2 bridgehead atoms. The number of likely N-dealkylation sites (tertiary alicyclic amines) is 1. The van der Waals surface area contributed by atoms with Crippen LogP contribution in [0.15, 0.2) is 42.5 Å². The van der Waals surface area contributed by atoms with Gasteiger partial charge in [0.15, 0.2) is 11.5 Å². The largest absolute Gasteiger partial charge is 0.573 e. The summed E-state index contributed by atoms with van der Waals surface area (Å²) in [4.78, 5) is 17.0. The summed E-state index contributed by atoms with van der Waals surface area (Å²) in [6, 6.07) is 8.66. The summed E-state index contributed by atoms with van der Waals surface area (Å²) in [6.45, 7) is 0.756. The molecule has 3 aliphatic rings.